The van der Waals surface area contributed by atoms with Crippen LogP contribution in [0.25, 0.3) is 5.57 Å². The SMILES string of the molecule is CCc1ccc(C2=CCCNC2)nc1COc1ccccc1. The van der Waals surface area contributed by atoms with Gasteiger partial charge in [0, 0.05) is 6.54 Å². The summed E-state index contributed by atoms with van der Waals surface area (Å²) in [6.45, 7) is 4.63. The maximum atomic E-state index is 5.88. The van der Waals surface area contributed by atoms with Crippen molar-refractivity contribution < 1.29 is 4.74 Å². The highest BCUT2D eigenvalue weighted by atomic mass is 16.5. The zero-order valence-corrected chi connectivity index (χ0v) is 13.0. The smallest absolute Gasteiger partial charge is 0.130 e. The van der Waals surface area contributed by atoms with E-state index in [1.54, 1.807) is 0 Å². The van der Waals surface area contributed by atoms with Gasteiger partial charge in [0.2, 0.25) is 0 Å². The quantitative estimate of drug-likeness (QED) is 0.915. The van der Waals surface area contributed by atoms with E-state index in [4.69, 9.17) is 9.72 Å². The lowest BCUT2D eigenvalue weighted by Crippen LogP contribution is -2.22. The molecule has 0 fully saturated rings. The number of nitrogens with one attached hydrogen (secondary N) is 1. The van der Waals surface area contributed by atoms with Crippen LogP contribution in [-0.4, -0.2) is 18.1 Å². The molecule has 1 aliphatic rings. The van der Waals surface area contributed by atoms with E-state index >= 15 is 0 Å². The Kier molecular flexibility index (Phi) is 4.86. The van der Waals surface area contributed by atoms with Crippen LogP contribution in [0.1, 0.15) is 30.3 Å². The summed E-state index contributed by atoms with van der Waals surface area (Å²) in [5.74, 6) is 0.885. The van der Waals surface area contributed by atoms with E-state index in [-0.39, 0.29) is 0 Å². The molecule has 1 N–H and O–H groups in total. The summed E-state index contributed by atoms with van der Waals surface area (Å²) in [6, 6.07) is 14.2. The minimum absolute atomic E-state index is 0.516. The molecule has 114 valence electrons. The third-order valence-electron chi connectivity index (χ3n) is 3.92. The lowest BCUT2D eigenvalue weighted by atomic mass is 10.0. The van der Waals surface area contributed by atoms with E-state index in [1.165, 1.54) is 11.1 Å². The minimum Gasteiger partial charge on any atom is -0.487 e. The van der Waals surface area contributed by atoms with Gasteiger partial charge in [0.1, 0.15) is 12.4 Å². The van der Waals surface area contributed by atoms with Gasteiger partial charge in [-0.25, -0.2) is 4.98 Å². The van der Waals surface area contributed by atoms with Gasteiger partial charge in [-0.05, 0) is 48.7 Å². The van der Waals surface area contributed by atoms with E-state index in [9.17, 15) is 0 Å². The van der Waals surface area contributed by atoms with Crippen LogP contribution < -0.4 is 10.1 Å². The van der Waals surface area contributed by atoms with Crippen LogP contribution in [0.3, 0.4) is 0 Å². The van der Waals surface area contributed by atoms with Crippen LogP contribution in [0.15, 0.2) is 48.5 Å². The van der Waals surface area contributed by atoms with E-state index in [1.807, 2.05) is 30.3 Å². The number of para-hydroxylation sites is 1. The zero-order chi connectivity index (χ0) is 15.2. The molecule has 3 nitrogen and oxygen atoms in total. The number of nitrogens with zero attached hydrogens (tertiary/aromatic N) is 1. The molecule has 1 aliphatic heterocycles. The molecule has 0 saturated heterocycles. The highest BCUT2D eigenvalue weighted by Crippen LogP contribution is 2.19. The Morgan fingerprint density at radius 1 is 1.14 bits per heavy atom. The second-order valence-corrected chi connectivity index (χ2v) is 5.45. The number of hydrogen-bond donors (Lipinski definition) is 1. The monoisotopic (exact) mass is 294 g/mol. The molecule has 0 bridgehead atoms. The molecule has 0 saturated carbocycles. The van der Waals surface area contributed by atoms with Gasteiger partial charge in [0.15, 0.2) is 0 Å². The predicted octanol–water partition coefficient (Wildman–Crippen LogP) is 3.60. The van der Waals surface area contributed by atoms with Gasteiger partial charge in [-0.3, -0.25) is 0 Å². The van der Waals surface area contributed by atoms with Crippen LogP contribution in [0.5, 0.6) is 5.75 Å². The van der Waals surface area contributed by atoms with Crippen LogP contribution >= 0.6 is 0 Å². The lowest BCUT2D eigenvalue weighted by Gasteiger charge is -2.16. The van der Waals surface area contributed by atoms with Crippen molar-refractivity contribution >= 4 is 5.57 Å². The number of pyridine rings is 1. The first kappa shape index (κ1) is 14.8. The summed E-state index contributed by atoms with van der Waals surface area (Å²) >= 11 is 0. The Morgan fingerprint density at radius 3 is 2.73 bits per heavy atom. The van der Waals surface area contributed by atoms with Gasteiger partial charge < -0.3 is 10.1 Å². The molecule has 0 amide bonds. The predicted molar refractivity (Wildman–Crippen MR) is 89.9 cm³/mol. The zero-order valence-electron chi connectivity index (χ0n) is 13.0. The minimum atomic E-state index is 0.516. The van der Waals surface area contributed by atoms with Crippen LogP contribution in [-0.2, 0) is 13.0 Å². The number of hydrogen-bond acceptors (Lipinski definition) is 3. The Labute approximate surface area is 132 Å². The summed E-state index contributed by atoms with van der Waals surface area (Å²) < 4.78 is 5.88. The highest BCUT2D eigenvalue weighted by molar-refractivity contribution is 5.65. The topological polar surface area (TPSA) is 34.2 Å². The lowest BCUT2D eigenvalue weighted by molar-refractivity contribution is 0.300. The Hall–Kier alpha value is -2.13. The summed E-state index contributed by atoms with van der Waals surface area (Å²) in [5, 5.41) is 3.40. The maximum Gasteiger partial charge on any atom is 0.130 e. The van der Waals surface area contributed by atoms with Crippen molar-refractivity contribution in [3.05, 3.63) is 65.5 Å². The molecule has 0 spiro atoms. The molecular formula is C19H22N2O. The Bertz CT molecular complexity index is 650. The fraction of sp³-hybridized carbons (Fsp3) is 0.316. The molecule has 3 rings (SSSR count). The van der Waals surface area contributed by atoms with Crippen molar-refractivity contribution in [2.24, 2.45) is 0 Å². The second kappa shape index (κ2) is 7.23. The van der Waals surface area contributed by atoms with Gasteiger partial charge in [-0.1, -0.05) is 37.3 Å². The largest absolute Gasteiger partial charge is 0.487 e. The third-order valence-corrected chi connectivity index (χ3v) is 3.92. The maximum absolute atomic E-state index is 5.88. The molecule has 0 unspecified atom stereocenters. The van der Waals surface area contributed by atoms with Gasteiger partial charge in [0.25, 0.3) is 0 Å². The third kappa shape index (κ3) is 3.55. The second-order valence-electron chi connectivity index (χ2n) is 5.45. The Balaban J connectivity index is 1.80. The summed E-state index contributed by atoms with van der Waals surface area (Å²) in [4.78, 5) is 4.85. The van der Waals surface area contributed by atoms with E-state index in [0.717, 1.165) is 43.1 Å². The molecule has 0 atom stereocenters. The first-order chi connectivity index (χ1) is 10.9. The number of benzene rings is 1. The highest BCUT2D eigenvalue weighted by Gasteiger charge is 2.10. The van der Waals surface area contributed by atoms with Crippen molar-refractivity contribution in [3.63, 3.8) is 0 Å². The van der Waals surface area contributed by atoms with Crippen molar-refractivity contribution in [1.82, 2.24) is 10.3 Å². The standard InChI is InChI=1S/C19H22N2O/c1-2-15-10-11-18(16-7-6-12-20-13-16)21-19(15)14-22-17-8-4-3-5-9-17/h3-5,7-11,20H,2,6,12-14H2,1H3. The summed E-state index contributed by atoms with van der Waals surface area (Å²) in [6.07, 6.45) is 4.33. The average molecular weight is 294 g/mol. The van der Waals surface area contributed by atoms with E-state index in [0.29, 0.717) is 6.61 Å². The number of ether oxygens (including phenoxy) is 1. The first-order valence-corrected chi connectivity index (χ1v) is 7.93. The molecular weight excluding hydrogens is 272 g/mol. The molecule has 0 radical (unpaired) electrons. The fourth-order valence-corrected chi connectivity index (χ4v) is 2.66. The molecule has 2 aromatic rings. The Morgan fingerprint density at radius 2 is 2.00 bits per heavy atom. The van der Waals surface area contributed by atoms with Crippen molar-refractivity contribution in [2.45, 2.75) is 26.4 Å². The molecule has 2 heterocycles. The molecule has 3 heteroatoms. The van der Waals surface area contributed by atoms with Crippen LogP contribution in [0.2, 0.25) is 0 Å². The first-order valence-electron chi connectivity index (χ1n) is 7.93. The van der Waals surface area contributed by atoms with Gasteiger partial charge in [-0.15, -0.1) is 0 Å². The molecule has 1 aromatic heterocycles. The van der Waals surface area contributed by atoms with Crippen molar-refractivity contribution in [3.8, 4) is 5.75 Å². The van der Waals surface area contributed by atoms with Gasteiger partial charge in [-0.2, -0.15) is 0 Å². The fourth-order valence-electron chi connectivity index (χ4n) is 2.66. The molecule has 22 heavy (non-hydrogen) atoms. The van der Waals surface area contributed by atoms with Crippen molar-refractivity contribution in [1.29, 1.82) is 0 Å². The van der Waals surface area contributed by atoms with Crippen molar-refractivity contribution in [2.75, 3.05) is 13.1 Å². The van der Waals surface area contributed by atoms with Crippen LogP contribution in [0.4, 0.5) is 0 Å². The number of rotatable bonds is 5. The number of aromatic nitrogens is 1. The summed E-state index contributed by atoms with van der Waals surface area (Å²) in [7, 11) is 0. The van der Waals surface area contributed by atoms with Gasteiger partial charge in [0.05, 0.1) is 11.4 Å². The molecule has 1 aromatic carbocycles. The normalized spacial score (nSPS) is 14.5. The van der Waals surface area contributed by atoms with E-state index in [2.05, 4.69) is 30.4 Å². The molecule has 0 aliphatic carbocycles. The van der Waals surface area contributed by atoms with E-state index < -0.39 is 0 Å². The van der Waals surface area contributed by atoms with Crippen LogP contribution in [0, 0.1) is 0 Å². The average Bonchev–Trinajstić information content (AvgIpc) is 2.61. The number of aryl methyl sites for hydroxylation is 1. The van der Waals surface area contributed by atoms with Gasteiger partial charge >= 0.3 is 0 Å². The summed E-state index contributed by atoms with van der Waals surface area (Å²) in [5.41, 5.74) is 4.64.